The van der Waals surface area contributed by atoms with E-state index in [-0.39, 0.29) is 23.4 Å². The Morgan fingerprint density at radius 2 is 1.81 bits per heavy atom. The number of nitrogens with one attached hydrogen (secondary N) is 2. The van der Waals surface area contributed by atoms with Gasteiger partial charge in [0.15, 0.2) is 0 Å². The zero-order valence-corrected chi connectivity index (χ0v) is 15.7. The Bertz CT molecular complexity index is 950. The van der Waals surface area contributed by atoms with Gasteiger partial charge in [0.2, 0.25) is 10.0 Å². The minimum absolute atomic E-state index is 0.0101. The van der Waals surface area contributed by atoms with E-state index in [1.807, 2.05) is 6.07 Å². The van der Waals surface area contributed by atoms with Crippen LogP contribution in [0.5, 0.6) is 11.5 Å². The van der Waals surface area contributed by atoms with E-state index in [0.717, 1.165) is 0 Å². The number of ether oxygens (including phenoxy) is 2. The number of sulfonamides is 1. The summed E-state index contributed by atoms with van der Waals surface area (Å²) in [5, 5.41) is 11.2. The first-order valence-electron chi connectivity index (χ1n) is 7.91. The van der Waals surface area contributed by atoms with Gasteiger partial charge in [-0.3, -0.25) is 4.79 Å². The van der Waals surface area contributed by atoms with Crippen LogP contribution >= 0.6 is 0 Å². The predicted octanol–water partition coefficient (Wildman–Crippen LogP) is 2.15. The summed E-state index contributed by atoms with van der Waals surface area (Å²) in [5.74, 6) is 0.587. The van der Waals surface area contributed by atoms with E-state index >= 15 is 0 Å². The van der Waals surface area contributed by atoms with E-state index in [0.29, 0.717) is 17.2 Å². The SMILES string of the molecule is COc1ccc(OC)c(NC(=O)c2ccc(S(=O)(=O)NCCC#N)cc2)c1. The average molecular weight is 389 g/mol. The fourth-order valence-electron chi connectivity index (χ4n) is 2.22. The van der Waals surface area contributed by atoms with Crippen molar-refractivity contribution in [1.82, 2.24) is 4.72 Å². The Kier molecular flexibility index (Phi) is 6.76. The molecule has 0 unspecified atom stereocenters. The van der Waals surface area contributed by atoms with Gasteiger partial charge in [-0.1, -0.05) is 0 Å². The highest BCUT2D eigenvalue weighted by Gasteiger charge is 2.15. The lowest BCUT2D eigenvalue weighted by atomic mass is 10.2. The standard InChI is InChI=1S/C18H19N3O5S/c1-25-14-6-9-17(26-2)16(12-14)21-18(22)13-4-7-15(8-5-13)27(23,24)20-11-3-10-19/h4-9,12,20H,3,11H2,1-2H3,(H,21,22). The van der Waals surface area contributed by atoms with Gasteiger partial charge in [0.05, 0.1) is 30.9 Å². The summed E-state index contributed by atoms with van der Waals surface area (Å²) in [6.45, 7) is 0.0245. The zero-order chi connectivity index (χ0) is 19.9. The van der Waals surface area contributed by atoms with E-state index < -0.39 is 15.9 Å². The lowest BCUT2D eigenvalue weighted by Crippen LogP contribution is -2.24. The van der Waals surface area contributed by atoms with Crippen LogP contribution in [0.4, 0.5) is 5.69 Å². The number of nitrogens with zero attached hydrogens (tertiary/aromatic N) is 1. The highest BCUT2D eigenvalue weighted by Crippen LogP contribution is 2.29. The molecule has 27 heavy (non-hydrogen) atoms. The van der Waals surface area contributed by atoms with Crippen LogP contribution in [0.2, 0.25) is 0 Å². The third-order valence-corrected chi connectivity index (χ3v) is 5.09. The molecule has 0 saturated heterocycles. The van der Waals surface area contributed by atoms with Crippen LogP contribution in [0, 0.1) is 11.3 Å². The number of benzene rings is 2. The van der Waals surface area contributed by atoms with Crippen LogP contribution in [0.1, 0.15) is 16.8 Å². The van der Waals surface area contributed by atoms with E-state index in [2.05, 4.69) is 10.0 Å². The fraction of sp³-hybridized carbons (Fsp3) is 0.222. The Labute approximate surface area is 157 Å². The van der Waals surface area contributed by atoms with Crippen molar-refractivity contribution in [3.8, 4) is 17.6 Å². The van der Waals surface area contributed by atoms with Crippen molar-refractivity contribution in [3.63, 3.8) is 0 Å². The summed E-state index contributed by atoms with van der Waals surface area (Å²) >= 11 is 0. The summed E-state index contributed by atoms with van der Waals surface area (Å²) in [5.41, 5.74) is 0.701. The van der Waals surface area contributed by atoms with Crippen molar-refractivity contribution < 1.29 is 22.7 Å². The van der Waals surface area contributed by atoms with E-state index in [4.69, 9.17) is 14.7 Å². The molecule has 8 nitrogen and oxygen atoms in total. The molecule has 0 fully saturated rings. The maximum Gasteiger partial charge on any atom is 0.255 e. The molecule has 0 spiro atoms. The number of rotatable bonds is 8. The summed E-state index contributed by atoms with van der Waals surface area (Å²) in [4.78, 5) is 12.5. The van der Waals surface area contributed by atoms with Gasteiger partial charge >= 0.3 is 0 Å². The molecule has 0 atom stereocenters. The second-order valence-electron chi connectivity index (χ2n) is 5.35. The van der Waals surface area contributed by atoms with Crippen molar-refractivity contribution in [2.24, 2.45) is 0 Å². The Balaban J connectivity index is 2.16. The molecule has 0 heterocycles. The third kappa shape index (κ3) is 5.20. The fourth-order valence-corrected chi connectivity index (χ4v) is 3.25. The summed E-state index contributed by atoms with van der Waals surface area (Å²) in [6, 6.07) is 12.3. The first-order valence-corrected chi connectivity index (χ1v) is 9.39. The van der Waals surface area contributed by atoms with Crippen LogP contribution in [-0.2, 0) is 10.0 Å². The maximum atomic E-state index is 12.4. The summed E-state index contributed by atoms with van der Waals surface area (Å²) < 4.78 is 36.8. The molecule has 9 heteroatoms. The summed E-state index contributed by atoms with van der Waals surface area (Å²) in [7, 11) is -0.729. The maximum absolute atomic E-state index is 12.4. The van der Waals surface area contributed by atoms with Crippen LogP contribution in [0.15, 0.2) is 47.4 Å². The highest BCUT2D eigenvalue weighted by molar-refractivity contribution is 7.89. The van der Waals surface area contributed by atoms with Crippen molar-refractivity contribution in [3.05, 3.63) is 48.0 Å². The lowest BCUT2D eigenvalue weighted by Gasteiger charge is -2.12. The molecule has 2 aromatic carbocycles. The van der Waals surface area contributed by atoms with Crippen LogP contribution in [0.3, 0.4) is 0 Å². The number of amides is 1. The molecule has 0 radical (unpaired) electrons. The Morgan fingerprint density at radius 3 is 2.41 bits per heavy atom. The van der Waals surface area contributed by atoms with Crippen LogP contribution < -0.4 is 19.5 Å². The van der Waals surface area contributed by atoms with Crippen LogP contribution in [0.25, 0.3) is 0 Å². The number of hydrogen-bond acceptors (Lipinski definition) is 6. The van der Waals surface area contributed by atoms with E-state index in [1.165, 1.54) is 38.5 Å². The quantitative estimate of drug-likeness (QED) is 0.668. The molecule has 0 saturated carbocycles. The van der Waals surface area contributed by atoms with E-state index in [9.17, 15) is 13.2 Å². The van der Waals surface area contributed by atoms with Gasteiger partial charge in [0, 0.05) is 24.6 Å². The van der Waals surface area contributed by atoms with Crippen molar-refractivity contribution in [1.29, 1.82) is 5.26 Å². The van der Waals surface area contributed by atoms with Crippen molar-refractivity contribution >= 4 is 21.6 Å². The van der Waals surface area contributed by atoms with Gasteiger partial charge in [-0.2, -0.15) is 5.26 Å². The lowest BCUT2D eigenvalue weighted by molar-refractivity contribution is 0.102. The predicted molar refractivity (Wildman–Crippen MR) is 99.4 cm³/mol. The van der Waals surface area contributed by atoms with Gasteiger partial charge in [-0.15, -0.1) is 0 Å². The van der Waals surface area contributed by atoms with Crippen LogP contribution in [-0.4, -0.2) is 35.1 Å². The van der Waals surface area contributed by atoms with Gasteiger partial charge in [0.1, 0.15) is 11.5 Å². The second-order valence-corrected chi connectivity index (χ2v) is 7.12. The highest BCUT2D eigenvalue weighted by atomic mass is 32.2. The normalized spacial score (nSPS) is 10.7. The first-order chi connectivity index (χ1) is 12.9. The average Bonchev–Trinajstić information content (AvgIpc) is 2.68. The molecule has 142 valence electrons. The van der Waals surface area contributed by atoms with Crippen molar-refractivity contribution in [2.75, 3.05) is 26.1 Å². The number of hydrogen-bond donors (Lipinski definition) is 2. The van der Waals surface area contributed by atoms with Crippen molar-refractivity contribution in [2.45, 2.75) is 11.3 Å². The smallest absolute Gasteiger partial charge is 0.255 e. The second kappa shape index (κ2) is 9.02. The number of anilines is 1. The van der Waals surface area contributed by atoms with Gasteiger partial charge < -0.3 is 14.8 Å². The molecule has 0 aromatic heterocycles. The number of carbonyl (C=O) groups excluding carboxylic acids is 1. The molecule has 0 aliphatic rings. The minimum Gasteiger partial charge on any atom is -0.497 e. The monoisotopic (exact) mass is 389 g/mol. The zero-order valence-electron chi connectivity index (χ0n) is 14.9. The topological polar surface area (TPSA) is 118 Å². The molecule has 2 rings (SSSR count). The largest absolute Gasteiger partial charge is 0.497 e. The first kappa shape index (κ1) is 20.2. The molecule has 2 N–H and O–H groups in total. The Hall–Kier alpha value is -3.09. The molecule has 0 aliphatic heterocycles. The summed E-state index contributed by atoms with van der Waals surface area (Å²) in [6.07, 6.45) is 0.0715. The minimum atomic E-state index is -3.72. The van der Waals surface area contributed by atoms with Gasteiger partial charge in [-0.05, 0) is 36.4 Å². The van der Waals surface area contributed by atoms with Gasteiger partial charge in [0.25, 0.3) is 5.91 Å². The number of nitriles is 1. The molecule has 0 bridgehead atoms. The molecule has 2 aromatic rings. The number of carbonyl (C=O) groups is 1. The number of methoxy groups -OCH3 is 2. The van der Waals surface area contributed by atoms with E-state index in [1.54, 1.807) is 18.2 Å². The molecular formula is C18H19N3O5S. The molecular weight excluding hydrogens is 370 g/mol. The molecule has 0 aliphatic carbocycles. The molecule has 1 amide bonds. The third-order valence-electron chi connectivity index (χ3n) is 3.61. The van der Waals surface area contributed by atoms with Gasteiger partial charge in [-0.25, -0.2) is 13.1 Å². The Morgan fingerprint density at radius 1 is 1.11 bits per heavy atom.